The summed E-state index contributed by atoms with van der Waals surface area (Å²) in [4.78, 5) is 14.8. The number of rotatable bonds is 2. The molecule has 1 atom stereocenters. The van der Waals surface area contributed by atoms with Crippen molar-refractivity contribution < 1.29 is 4.79 Å². The summed E-state index contributed by atoms with van der Waals surface area (Å²) in [6, 6.07) is 2.05. The molecule has 1 aromatic rings. The van der Waals surface area contributed by atoms with Gasteiger partial charge in [-0.2, -0.15) is 0 Å². The van der Waals surface area contributed by atoms with E-state index in [0.717, 1.165) is 18.7 Å². The van der Waals surface area contributed by atoms with Gasteiger partial charge in [-0.3, -0.25) is 4.79 Å². The van der Waals surface area contributed by atoms with Crippen molar-refractivity contribution in [1.29, 1.82) is 0 Å². The molecule has 2 N–H and O–H groups in total. The van der Waals surface area contributed by atoms with E-state index in [1.54, 1.807) is 11.3 Å². The van der Waals surface area contributed by atoms with Gasteiger partial charge in [-0.25, -0.2) is 0 Å². The molecule has 0 bridgehead atoms. The second-order valence-electron chi connectivity index (χ2n) is 4.39. The molecular formula is C13H16N2OS. The van der Waals surface area contributed by atoms with Crippen LogP contribution < -0.4 is 5.73 Å². The Kier molecular flexibility index (Phi) is 3.82. The van der Waals surface area contributed by atoms with Crippen molar-refractivity contribution in [2.24, 2.45) is 11.7 Å². The molecule has 2 heterocycles. The van der Waals surface area contributed by atoms with Gasteiger partial charge in [0.2, 0.25) is 5.91 Å². The third-order valence-electron chi connectivity index (χ3n) is 2.74. The molecule has 90 valence electrons. The van der Waals surface area contributed by atoms with Crippen LogP contribution in [0.4, 0.5) is 0 Å². The molecule has 3 nitrogen and oxygen atoms in total. The van der Waals surface area contributed by atoms with Crippen LogP contribution in [-0.4, -0.2) is 23.9 Å². The molecule has 2 rings (SSSR count). The standard InChI is InChI=1S/C13H16N2OS/c1-10-5-13(16)15(7-10)8-12-6-11(9-17-12)3-2-4-14/h6,9-10H,4-5,7-8,14H2,1H3. The van der Waals surface area contributed by atoms with E-state index >= 15 is 0 Å². The van der Waals surface area contributed by atoms with Gasteiger partial charge in [0.05, 0.1) is 13.1 Å². The predicted molar refractivity (Wildman–Crippen MR) is 69.4 cm³/mol. The van der Waals surface area contributed by atoms with Crippen LogP contribution in [0.1, 0.15) is 23.8 Å². The maximum absolute atomic E-state index is 11.7. The summed E-state index contributed by atoms with van der Waals surface area (Å²) in [7, 11) is 0. The van der Waals surface area contributed by atoms with Crippen molar-refractivity contribution in [3.05, 3.63) is 21.9 Å². The Morgan fingerprint density at radius 2 is 2.47 bits per heavy atom. The van der Waals surface area contributed by atoms with Crippen molar-refractivity contribution >= 4 is 17.2 Å². The number of thiophene rings is 1. The van der Waals surface area contributed by atoms with E-state index in [-0.39, 0.29) is 5.91 Å². The predicted octanol–water partition coefficient (Wildman–Crippen LogP) is 1.43. The average Bonchev–Trinajstić information content (AvgIpc) is 2.84. The van der Waals surface area contributed by atoms with Crippen LogP contribution in [-0.2, 0) is 11.3 Å². The van der Waals surface area contributed by atoms with Gasteiger partial charge in [0.25, 0.3) is 0 Å². The minimum absolute atomic E-state index is 0.264. The van der Waals surface area contributed by atoms with Crippen LogP contribution in [0, 0.1) is 17.8 Å². The van der Waals surface area contributed by atoms with Gasteiger partial charge in [-0.15, -0.1) is 11.3 Å². The highest BCUT2D eigenvalue weighted by atomic mass is 32.1. The third kappa shape index (κ3) is 3.09. The van der Waals surface area contributed by atoms with Gasteiger partial charge in [0.1, 0.15) is 0 Å². The highest BCUT2D eigenvalue weighted by Crippen LogP contribution is 2.22. The number of carbonyl (C=O) groups is 1. The molecule has 1 fully saturated rings. The van der Waals surface area contributed by atoms with Gasteiger partial charge in [0.15, 0.2) is 0 Å². The summed E-state index contributed by atoms with van der Waals surface area (Å²) in [5, 5.41) is 2.02. The van der Waals surface area contributed by atoms with Crippen molar-refractivity contribution in [1.82, 2.24) is 4.90 Å². The van der Waals surface area contributed by atoms with Crippen LogP contribution in [0.3, 0.4) is 0 Å². The molecule has 1 aromatic heterocycles. The van der Waals surface area contributed by atoms with Crippen molar-refractivity contribution in [2.75, 3.05) is 13.1 Å². The Hall–Kier alpha value is -1.31. The minimum atomic E-state index is 0.264. The lowest BCUT2D eigenvalue weighted by atomic mass is 10.2. The lowest BCUT2D eigenvalue weighted by molar-refractivity contribution is -0.128. The quantitative estimate of drug-likeness (QED) is 0.805. The van der Waals surface area contributed by atoms with Crippen molar-refractivity contribution in [2.45, 2.75) is 19.9 Å². The summed E-state index contributed by atoms with van der Waals surface area (Å²) in [5.74, 6) is 6.58. The Bertz CT molecular complexity index is 469. The first-order chi connectivity index (χ1) is 8.19. The summed E-state index contributed by atoms with van der Waals surface area (Å²) < 4.78 is 0. The molecule has 1 saturated heterocycles. The highest BCUT2D eigenvalue weighted by Gasteiger charge is 2.26. The molecule has 0 spiro atoms. The van der Waals surface area contributed by atoms with Gasteiger partial charge < -0.3 is 10.6 Å². The number of hydrogen-bond acceptors (Lipinski definition) is 3. The number of nitrogens with two attached hydrogens (primary N) is 1. The molecule has 4 heteroatoms. The zero-order valence-electron chi connectivity index (χ0n) is 9.90. The lowest BCUT2D eigenvalue weighted by Crippen LogP contribution is -2.23. The molecule has 17 heavy (non-hydrogen) atoms. The SMILES string of the molecule is CC1CC(=O)N(Cc2cc(C#CCN)cs2)C1. The summed E-state index contributed by atoms with van der Waals surface area (Å²) in [5.41, 5.74) is 6.32. The highest BCUT2D eigenvalue weighted by molar-refractivity contribution is 7.10. The Morgan fingerprint density at radius 3 is 3.12 bits per heavy atom. The van der Waals surface area contributed by atoms with E-state index in [1.807, 2.05) is 16.3 Å². The largest absolute Gasteiger partial charge is 0.337 e. The number of likely N-dealkylation sites (tertiary alicyclic amines) is 1. The fourth-order valence-corrected chi connectivity index (χ4v) is 2.82. The second kappa shape index (κ2) is 5.35. The van der Waals surface area contributed by atoms with Crippen molar-refractivity contribution in [3.8, 4) is 11.8 Å². The molecule has 1 aliphatic heterocycles. The number of hydrogen-bond donors (Lipinski definition) is 1. The molecule has 1 unspecified atom stereocenters. The number of nitrogens with zero attached hydrogens (tertiary/aromatic N) is 1. The molecular weight excluding hydrogens is 232 g/mol. The Labute approximate surface area is 106 Å². The molecule has 0 aromatic carbocycles. The van der Waals surface area contributed by atoms with Crippen LogP contribution in [0.15, 0.2) is 11.4 Å². The minimum Gasteiger partial charge on any atom is -0.337 e. The van der Waals surface area contributed by atoms with E-state index in [0.29, 0.717) is 18.9 Å². The van der Waals surface area contributed by atoms with Crippen LogP contribution in [0.25, 0.3) is 0 Å². The Balaban J connectivity index is 1.99. The van der Waals surface area contributed by atoms with Gasteiger partial charge in [-0.05, 0) is 12.0 Å². The second-order valence-corrected chi connectivity index (χ2v) is 5.39. The maximum Gasteiger partial charge on any atom is 0.223 e. The van der Waals surface area contributed by atoms with E-state index in [2.05, 4.69) is 18.8 Å². The maximum atomic E-state index is 11.7. The van der Waals surface area contributed by atoms with Crippen LogP contribution >= 0.6 is 11.3 Å². The van der Waals surface area contributed by atoms with Crippen LogP contribution in [0.2, 0.25) is 0 Å². The molecule has 0 saturated carbocycles. The summed E-state index contributed by atoms with van der Waals surface area (Å²) in [6.45, 7) is 4.09. The molecule has 0 radical (unpaired) electrons. The van der Waals surface area contributed by atoms with E-state index in [4.69, 9.17) is 5.73 Å². The zero-order valence-corrected chi connectivity index (χ0v) is 10.7. The topological polar surface area (TPSA) is 46.3 Å². The first kappa shape index (κ1) is 12.2. The Morgan fingerprint density at radius 1 is 1.65 bits per heavy atom. The fraction of sp³-hybridized carbons (Fsp3) is 0.462. The van der Waals surface area contributed by atoms with Crippen molar-refractivity contribution in [3.63, 3.8) is 0 Å². The smallest absolute Gasteiger partial charge is 0.223 e. The third-order valence-corrected chi connectivity index (χ3v) is 3.66. The zero-order chi connectivity index (χ0) is 12.3. The van der Waals surface area contributed by atoms with E-state index in [9.17, 15) is 4.79 Å². The first-order valence-electron chi connectivity index (χ1n) is 5.73. The van der Waals surface area contributed by atoms with Gasteiger partial charge in [-0.1, -0.05) is 18.8 Å². The van der Waals surface area contributed by atoms with Gasteiger partial charge >= 0.3 is 0 Å². The molecule has 1 aliphatic rings. The monoisotopic (exact) mass is 248 g/mol. The summed E-state index contributed by atoms with van der Waals surface area (Å²) >= 11 is 1.65. The van der Waals surface area contributed by atoms with E-state index in [1.165, 1.54) is 4.88 Å². The normalized spacial score (nSPS) is 19.3. The molecule has 0 aliphatic carbocycles. The number of carbonyl (C=O) groups excluding carboxylic acids is 1. The average molecular weight is 248 g/mol. The van der Waals surface area contributed by atoms with E-state index < -0.39 is 0 Å². The fourth-order valence-electron chi connectivity index (χ4n) is 1.99. The first-order valence-corrected chi connectivity index (χ1v) is 6.61. The number of amides is 1. The summed E-state index contributed by atoms with van der Waals surface area (Å²) in [6.07, 6.45) is 0.686. The van der Waals surface area contributed by atoms with Gasteiger partial charge in [0, 0.05) is 28.8 Å². The molecule has 1 amide bonds. The van der Waals surface area contributed by atoms with Crippen LogP contribution in [0.5, 0.6) is 0 Å². The lowest BCUT2D eigenvalue weighted by Gasteiger charge is -2.14.